The van der Waals surface area contributed by atoms with Crippen LogP contribution in [0.2, 0.25) is 0 Å². The van der Waals surface area contributed by atoms with Crippen molar-refractivity contribution in [1.82, 2.24) is 20.5 Å². The molecule has 2 bridgehead atoms. The number of anilines is 1. The van der Waals surface area contributed by atoms with E-state index >= 15 is 0 Å². The zero-order chi connectivity index (χ0) is 27.1. The van der Waals surface area contributed by atoms with Gasteiger partial charge in [0.15, 0.2) is 0 Å². The third-order valence-corrected chi connectivity index (χ3v) is 8.92. The lowest BCUT2D eigenvalue weighted by Crippen LogP contribution is -2.58. The van der Waals surface area contributed by atoms with Gasteiger partial charge in [0.05, 0.1) is 54.3 Å². The number of ether oxygens (including phenoxy) is 1. The predicted molar refractivity (Wildman–Crippen MR) is 154 cm³/mol. The SMILES string of the molecule is O=C(NC(c1ccccn1)C1CCCC1)c1ccc2[nH]nc(-c3ccc(N4C5COCC4CC(O)C5)cc3)c2c1. The minimum absolute atomic E-state index is 0.0898. The smallest absolute Gasteiger partial charge is 0.251 e. The molecule has 0 spiro atoms. The van der Waals surface area contributed by atoms with Crippen LogP contribution in [0.1, 0.15) is 60.6 Å². The summed E-state index contributed by atoms with van der Waals surface area (Å²) in [6.07, 6.45) is 7.61. The van der Waals surface area contributed by atoms with E-state index in [1.54, 1.807) is 6.20 Å². The molecule has 8 nitrogen and oxygen atoms in total. The number of carbonyl (C=O) groups is 1. The van der Waals surface area contributed by atoms with Crippen LogP contribution in [0.3, 0.4) is 0 Å². The van der Waals surface area contributed by atoms with E-state index in [1.165, 1.54) is 12.8 Å². The summed E-state index contributed by atoms with van der Waals surface area (Å²) in [5.41, 5.74) is 5.39. The van der Waals surface area contributed by atoms with Crippen LogP contribution in [0.15, 0.2) is 66.9 Å². The molecule has 3 fully saturated rings. The number of piperidine rings is 1. The van der Waals surface area contributed by atoms with Crippen LogP contribution in [0.4, 0.5) is 5.69 Å². The van der Waals surface area contributed by atoms with Crippen LogP contribution in [-0.4, -0.2) is 57.6 Å². The van der Waals surface area contributed by atoms with Crippen LogP contribution in [0, 0.1) is 5.92 Å². The van der Waals surface area contributed by atoms with E-state index in [0.29, 0.717) is 24.7 Å². The van der Waals surface area contributed by atoms with Gasteiger partial charge in [0.2, 0.25) is 0 Å². The molecule has 2 saturated heterocycles. The molecule has 7 rings (SSSR count). The van der Waals surface area contributed by atoms with Gasteiger partial charge in [-0.05, 0) is 74.1 Å². The first-order valence-corrected chi connectivity index (χ1v) is 14.5. The maximum atomic E-state index is 13.5. The Hall–Kier alpha value is -3.75. The molecule has 0 radical (unpaired) electrons. The molecule has 1 aliphatic carbocycles. The number of carbonyl (C=O) groups excluding carboxylic acids is 1. The fourth-order valence-corrected chi connectivity index (χ4v) is 6.98. The van der Waals surface area contributed by atoms with Gasteiger partial charge in [-0.1, -0.05) is 31.0 Å². The number of hydrogen-bond acceptors (Lipinski definition) is 6. The Morgan fingerprint density at radius 2 is 1.80 bits per heavy atom. The summed E-state index contributed by atoms with van der Waals surface area (Å²) < 4.78 is 5.77. The van der Waals surface area contributed by atoms with E-state index in [-0.39, 0.29) is 30.1 Å². The zero-order valence-electron chi connectivity index (χ0n) is 22.5. The highest BCUT2D eigenvalue weighted by Gasteiger charge is 2.38. The summed E-state index contributed by atoms with van der Waals surface area (Å²) in [5, 5.41) is 22.2. The van der Waals surface area contributed by atoms with Crippen molar-refractivity contribution < 1.29 is 14.6 Å². The van der Waals surface area contributed by atoms with Crippen LogP contribution in [-0.2, 0) is 4.74 Å². The number of pyridine rings is 1. The van der Waals surface area contributed by atoms with Crippen molar-refractivity contribution >= 4 is 22.5 Å². The number of benzene rings is 2. The molecule has 3 unspecified atom stereocenters. The average Bonchev–Trinajstić information content (AvgIpc) is 3.66. The van der Waals surface area contributed by atoms with E-state index in [9.17, 15) is 9.90 Å². The second kappa shape index (κ2) is 10.7. The molecule has 2 aromatic carbocycles. The Morgan fingerprint density at radius 1 is 1.02 bits per heavy atom. The summed E-state index contributed by atoms with van der Waals surface area (Å²) in [6, 6.07) is 20.4. The summed E-state index contributed by atoms with van der Waals surface area (Å²) in [6.45, 7) is 1.29. The molecule has 1 amide bonds. The molecule has 3 aliphatic rings. The Kier molecular flexibility index (Phi) is 6.73. The number of aliphatic hydroxyl groups excluding tert-OH is 1. The van der Waals surface area contributed by atoms with Crippen molar-refractivity contribution in [2.75, 3.05) is 18.1 Å². The Balaban J connectivity index is 1.14. The quantitative estimate of drug-likeness (QED) is 0.319. The summed E-state index contributed by atoms with van der Waals surface area (Å²) in [7, 11) is 0. The molecule has 1 saturated carbocycles. The third-order valence-electron chi connectivity index (χ3n) is 8.92. The number of morpholine rings is 1. The molecule has 206 valence electrons. The Bertz CT molecular complexity index is 1470. The second-order valence-corrected chi connectivity index (χ2v) is 11.5. The number of nitrogens with one attached hydrogen (secondary N) is 2. The van der Waals surface area contributed by atoms with E-state index in [2.05, 4.69) is 49.7 Å². The van der Waals surface area contributed by atoms with Crippen LogP contribution >= 0.6 is 0 Å². The second-order valence-electron chi connectivity index (χ2n) is 11.5. The third kappa shape index (κ3) is 4.75. The van der Waals surface area contributed by atoms with E-state index < -0.39 is 0 Å². The highest BCUT2D eigenvalue weighted by atomic mass is 16.5. The van der Waals surface area contributed by atoms with Crippen molar-refractivity contribution in [2.45, 2.75) is 62.8 Å². The lowest BCUT2D eigenvalue weighted by atomic mass is 9.91. The molecule has 3 atom stereocenters. The number of nitrogens with zero attached hydrogens (tertiary/aromatic N) is 3. The Morgan fingerprint density at radius 3 is 2.52 bits per heavy atom. The van der Waals surface area contributed by atoms with Crippen molar-refractivity contribution in [3.63, 3.8) is 0 Å². The fraction of sp³-hybridized carbons (Fsp3) is 0.406. The number of hydrogen-bond donors (Lipinski definition) is 3. The number of amides is 1. The molecule has 4 aromatic rings. The van der Waals surface area contributed by atoms with Crippen molar-refractivity contribution in [2.24, 2.45) is 5.92 Å². The first-order chi connectivity index (χ1) is 19.6. The molecule has 3 N–H and O–H groups in total. The Labute approximate surface area is 233 Å². The van der Waals surface area contributed by atoms with Crippen LogP contribution < -0.4 is 10.2 Å². The van der Waals surface area contributed by atoms with Gasteiger partial charge in [0, 0.05) is 28.4 Å². The first-order valence-electron chi connectivity index (χ1n) is 14.5. The molecule has 4 heterocycles. The van der Waals surface area contributed by atoms with Gasteiger partial charge in [-0.3, -0.25) is 14.9 Å². The largest absolute Gasteiger partial charge is 0.393 e. The topological polar surface area (TPSA) is 103 Å². The molecule has 2 aliphatic heterocycles. The molecule has 8 heteroatoms. The normalized spacial score (nSPS) is 23.8. The number of H-pyrrole nitrogens is 1. The minimum atomic E-state index is -0.256. The number of fused-ring (bicyclic) bond motifs is 3. The lowest BCUT2D eigenvalue weighted by Gasteiger charge is -2.48. The van der Waals surface area contributed by atoms with E-state index in [0.717, 1.165) is 59.2 Å². The standard InChI is InChI=1S/C32H35N5O3/c38-26-16-24-18-40-19-25(17-26)37(24)23-11-8-21(9-12-23)30-27-15-22(10-13-28(27)35-36-30)32(39)34-31(20-5-1-2-6-20)29-7-3-4-14-33-29/h3-4,7-15,20,24-26,31,38H,1-2,5-6,16-19H2,(H,34,39)(H,35,36). The average molecular weight is 538 g/mol. The van der Waals surface area contributed by atoms with Crippen molar-refractivity contribution in [3.8, 4) is 11.3 Å². The predicted octanol–water partition coefficient (Wildman–Crippen LogP) is 5.01. The van der Waals surface area contributed by atoms with Gasteiger partial charge in [0.25, 0.3) is 5.91 Å². The number of aromatic amines is 1. The highest BCUT2D eigenvalue weighted by Crippen LogP contribution is 2.37. The number of aromatic nitrogens is 3. The molecule has 2 aromatic heterocycles. The maximum absolute atomic E-state index is 13.5. The van der Waals surface area contributed by atoms with Gasteiger partial charge in [-0.2, -0.15) is 5.10 Å². The van der Waals surface area contributed by atoms with Gasteiger partial charge in [-0.25, -0.2) is 0 Å². The number of rotatable bonds is 6. The van der Waals surface area contributed by atoms with Crippen LogP contribution in [0.25, 0.3) is 22.2 Å². The number of aliphatic hydroxyl groups is 1. The summed E-state index contributed by atoms with van der Waals surface area (Å²) in [5.74, 6) is 0.313. The van der Waals surface area contributed by atoms with Crippen molar-refractivity contribution in [3.05, 3.63) is 78.1 Å². The zero-order valence-corrected chi connectivity index (χ0v) is 22.5. The first kappa shape index (κ1) is 25.2. The summed E-state index contributed by atoms with van der Waals surface area (Å²) >= 11 is 0. The van der Waals surface area contributed by atoms with Gasteiger partial charge in [0.1, 0.15) is 0 Å². The van der Waals surface area contributed by atoms with Gasteiger partial charge >= 0.3 is 0 Å². The minimum Gasteiger partial charge on any atom is -0.393 e. The maximum Gasteiger partial charge on any atom is 0.251 e. The van der Waals surface area contributed by atoms with E-state index in [4.69, 9.17) is 4.74 Å². The van der Waals surface area contributed by atoms with Gasteiger partial charge in [-0.15, -0.1) is 0 Å². The van der Waals surface area contributed by atoms with E-state index in [1.807, 2.05) is 36.4 Å². The lowest BCUT2D eigenvalue weighted by molar-refractivity contribution is 0.00124. The summed E-state index contributed by atoms with van der Waals surface area (Å²) in [4.78, 5) is 20.5. The van der Waals surface area contributed by atoms with Gasteiger partial charge < -0.3 is 20.1 Å². The van der Waals surface area contributed by atoms with Crippen LogP contribution in [0.5, 0.6) is 0 Å². The molecular formula is C32H35N5O3. The van der Waals surface area contributed by atoms with Crippen molar-refractivity contribution in [1.29, 1.82) is 0 Å². The highest BCUT2D eigenvalue weighted by molar-refractivity contribution is 6.01. The molecule has 40 heavy (non-hydrogen) atoms. The fourth-order valence-electron chi connectivity index (χ4n) is 6.98. The monoisotopic (exact) mass is 537 g/mol. The molecular weight excluding hydrogens is 502 g/mol.